The number of carbonyl (C=O) groups excluding carboxylic acids is 1. The lowest BCUT2D eigenvalue weighted by Crippen LogP contribution is -2.53. The van der Waals surface area contributed by atoms with E-state index in [9.17, 15) is 13.6 Å². The number of carbonyl (C=O) groups is 1. The Morgan fingerprint density at radius 1 is 1.53 bits per heavy atom. The maximum Gasteiger partial charge on any atom is 0.238 e. The molecule has 3 nitrogen and oxygen atoms in total. The van der Waals surface area contributed by atoms with Gasteiger partial charge in [0.2, 0.25) is 5.91 Å². The second-order valence-electron chi connectivity index (χ2n) is 3.81. The largest absolute Gasteiger partial charge is 0.368 e. The number of likely N-dealkylation sites (N-methyl/N-ethyl adjacent to an activating group) is 1. The highest BCUT2D eigenvalue weighted by atomic mass is 32.2. The van der Waals surface area contributed by atoms with Crippen molar-refractivity contribution in [3.63, 3.8) is 0 Å². The van der Waals surface area contributed by atoms with Crippen LogP contribution in [0.4, 0.5) is 8.78 Å². The third kappa shape index (κ3) is 3.41. The molecule has 0 saturated heterocycles. The molecule has 0 aromatic heterocycles. The number of amides is 1. The lowest BCUT2D eigenvalue weighted by Gasteiger charge is -2.24. The van der Waals surface area contributed by atoms with E-state index < -0.39 is 23.1 Å². The summed E-state index contributed by atoms with van der Waals surface area (Å²) < 4.78 is 26.2. The van der Waals surface area contributed by atoms with Crippen LogP contribution in [0.3, 0.4) is 0 Å². The zero-order valence-electron chi connectivity index (χ0n) is 9.59. The second-order valence-corrected chi connectivity index (χ2v) is 4.83. The highest BCUT2D eigenvalue weighted by Crippen LogP contribution is 2.25. The summed E-state index contributed by atoms with van der Waals surface area (Å²) in [6.07, 6.45) is 0. The first-order chi connectivity index (χ1) is 7.89. The van der Waals surface area contributed by atoms with E-state index in [1.165, 1.54) is 0 Å². The van der Waals surface area contributed by atoms with Gasteiger partial charge < -0.3 is 11.1 Å². The average Bonchev–Trinajstić information content (AvgIpc) is 2.29. The molecule has 6 heteroatoms. The number of hydrogen-bond acceptors (Lipinski definition) is 3. The predicted octanol–water partition coefficient (Wildman–Crippen LogP) is 1.52. The van der Waals surface area contributed by atoms with Gasteiger partial charge in [-0.3, -0.25) is 4.79 Å². The lowest BCUT2D eigenvalue weighted by atomic mass is 10.1. The van der Waals surface area contributed by atoms with Gasteiger partial charge in [0.05, 0.1) is 0 Å². The van der Waals surface area contributed by atoms with Crippen LogP contribution in [0.5, 0.6) is 0 Å². The first-order valence-electron chi connectivity index (χ1n) is 4.96. The highest BCUT2D eigenvalue weighted by Gasteiger charge is 2.29. The Hall–Kier alpha value is -1.14. The van der Waals surface area contributed by atoms with Crippen LogP contribution in [-0.4, -0.2) is 24.2 Å². The molecule has 94 valence electrons. The summed E-state index contributed by atoms with van der Waals surface area (Å²) in [5.74, 6) is -1.35. The molecular formula is C11H14F2N2OS. The zero-order valence-corrected chi connectivity index (χ0v) is 10.4. The van der Waals surface area contributed by atoms with Gasteiger partial charge in [-0.2, -0.15) is 0 Å². The first kappa shape index (κ1) is 13.9. The summed E-state index contributed by atoms with van der Waals surface area (Å²) in [5.41, 5.74) is 4.28. The molecule has 1 aromatic carbocycles. The molecule has 1 atom stereocenters. The summed E-state index contributed by atoms with van der Waals surface area (Å²) in [5, 5.41) is 2.77. The van der Waals surface area contributed by atoms with Gasteiger partial charge in [0, 0.05) is 10.6 Å². The van der Waals surface area contributed by atoms with Gasteiger partial charge in [-0.25, -0.2) is 8.78 Å². The van der Waals surface area contributed by atoms with Crippen LogP contribution < -0.4 is 11.1 Å². The van der Waals surface area contributed by atoms with E-state index in [0.29, 0.717) is 0 Å². The fraction of sp³-hybridized carbons (Fsp3) is 0.364. The summed E-state index contributed by atoms with van der Waals surface area (Å²) >= 11 is 1.04. The minimum atomic E-state index is -0.955. The van der Waals surface area contributed by atoms with Crippen molar-refractivity contribution in [2.24, 2.45) is 5.73 Å². The van der Waals surface area contributed by atoms with Crippen LogP contribution in [0.15, 0.2) is 23.1 Å². The molecule has 0 spiro atoms. The first-order valence-corrected chi connectivity index (χ1v) is 5.94. The maximum absolute atomic E-state index is 13.3. The fourth-order valence-electron chi connectivity index (χ4n) is 1.08. The van der Waals surface area contributed by atoms with Gasteiger partial charge in [-0.1, -0.05) is 0 Å². The summed E-state index contributed by atoms with van der Waals surface area (Å²) in [7, 11) is 1.59. The van der Waals surface area contributed by atoms with Crippen molar-refractivity contribution in [2.75, 3.05) is 12.8 Å². The Bertz CT molecular complexity index is 428. The smallest absolute Gasteiger partial charge is 0.238 e. The molecule has 0 radical (unpaired) electrons. The predicted molar refractivity (Wildman–Crippen MR) is 63.7 cm³/mol. The standard InChI is InChI=1S/C11H14F2N2OS/c1-11(15-2,10(14)16)6-17-9-5-7(12)3-4-8(9)13/h3-5,15H,6H2,1-2H3,(H2,14,16). The van der Waals surface area contributed by atoms with Gasteiger partial charge in [0.25, 0.3) is 0 Å². The second kappa shape index (κ2) is 5.46. The molecule has 0 heterocycles. The topological polar surface area (TPSA) is 55.1 Å². The Balaban J connectivity index is 2.79. The van der Waals surface area contributed by atoms with Gasteiger partial charge in [-0.05, 0) is 32.2 Å². The van der Waals surface area contributed by atoms with Crippen LogP contribution in [0.1, 0.15) is 6.92 Å². The average molecular weight is 260 g/mol. The van der Waals surface area contributed by atoms with Gasteiger partial charge in [0.15, 0.2) is 0 Å². The van der Waals surface area contributed by atoms with Gasteiger partial charge >= 0.3 is 0 Å². The summed E-state index contributed by atoms with van der Waals surface area (Å²) in [6.45, 7) is 1.61. The van der Waals surface area contributed by atoms with E-state index in [1.807, 2.05) is 0 Å². The molecule has 1 unspecified atom stereocenters. The molecule has 0 bridgehead atoms. The SMILES string of the molecule is CNC(C)(CSc1cc(F)ccc1F)C(N)=O. The molecule has 1 rings (SSSR count). The maximum atomic E-state index is 13.3. The zero-order chi connectivity index (χ0) is 13.1. The molecule has 0 aliphatic rings. The van der Waals surface area contributed by atoms with E-state index in [0.717, 1.165) is 30.0 Å². The van der Waals surface area contributed by atoms with E-state index in [1.54, 1.807) is 14.0 Å². The van der Waals surface area contributed by atoms with Crippen LogP contribution in [0.25, 0.3) is 0 Å². The molecule has 0 aliphatic carbocycles. The highest BCUT2D eigenvalue weighted by molar-refractivity contribution is 7.99. The van der Waals surface area contributed by atoms with Gasteiger partial charge in [0.1, 0.15) is 17.2 Å². The Labute approximate surface area is 103 Å². The Kier molecular flexibility index (Phi) is 4.47. The summed E-state index contributed by atoms with van der Waals surface area (Å²) in [4.78, 5) is 11.4. The van der Waals surface area contributed by atoms with E-state index >= 15 is 0 Å². The quantitative estimate of drug-likeness (QED) is 0.789. The van der Waals surface area contributed by atoms with Crippen molar-refractivity contribution in [1.82, 2.24) is 5.32 Å². The molecule has 0 aliphatic heterocycles. The fourth-order valence-corrected chi connectivity index (χ4v) is 2.21. The molecule has 1 amide bonds. The Morgan fingerprint density at radius 2 is 2.18 bits per heavy atom. The van der Waals surface area contributed by atoms with Crippen molar-refractivity contribution in [1.29, 1.82) is 0 Å². The summed E-state index contributed by atoms with van der Waals surface area (Å²) in [6, 6.07) is 3.19. The number of thioether (sulfide) groups is 1. The molecule has 3 N–H and O–H groups in total. The van der Waals surface area contributed by atoms with Crippen molar-refractivity contribution in [3.8, 4) is 0 Å². The van der Waals surface area contributed by atoms with E-state index in [-0.39, 0.29) is 10.6 Å². The normalized spacial score (nSPS) is 14.4. The number of benzene rings is 1. The number of rotatable bonds is 5. The van der Waals surface area contributed by atoms with Gasteiger partial charge in [-0.15, -0.1) is 11.8 Å². The number of nitrogens with two attached hydrogens (primary N) is 1. The van der Waals surface area contributed by atoms with Crippen LogP contribution in [0.2, 0.25) is 0 Å². The number of halogens is 2. The molecule has 0 fully saturated rings. The lowest BCUT2D eigenvalue weighted by molar-refractivity contribution is -0.122. The van der Waals surface area contributed by atoms with Crippen LogP contribution in [-0.2, 0) is 4.79 Å². The van der Waals surface area contributed by atoms with Crippen LogP contribution in [0, 0.1) is 11.6 Å². The van der Waals surface area contributed by atoms with Crippen LogP contribution >= 0.6 is 11.8 Å². The number of nitrogens with one attached hydrogen (secondary N) is 1. The molecule has 17 heavy (non-hydrogen) atoms. The number of primary amides is 1. The molecule has 0 saturated carbocycles. The molecular weight excluding hydrogens is 246 g/mol. The van der Waals surface area contributed by atoms with E-state index in [2.05, 4.69) is 5.32 Å². The van der Waals surface area contributed by atoms with Crippen molar-refractivity contribution >= 4 is 17.7 Å². The van der Waals surface area contributed by atoms with Crippen molar-refractivity contribution in [3.05, 3.63) is 29.8 Å². The third-order valence-corrected chi connectivity index (χ3v) is 3.85. The minimum Gasteiger partial charge on any atom is -0.368 e. The Morgan fingerprint density at radius 3 is 2.71 bits per heavy atom. The van der Waals surface area contributed by atoms with Crippen molar-refractivity contribution < 1.29 is 13.6 Å². The third-order valence-electron chi connectivity index (χ3n) is 2.51. The van der Waals surface area contributed by atoms with Crippen molar-refractivity contribution in [2.45, 2.75) is 17.4 Å². The van der Waals surface area contributed by atoms with E-state index in [4.69, 9.17) is 5.73 Å². The monoisotopic (exact) mass is 260 g/mol. The molecule has 1 aromatic rings. The minimum absolute atomic E-state index is 0.160. The number of hydrogen-bond donors (Lipinski definition) is 2.